The van der Waals surface area contributed by atoms with Crippen molar-refractivity contribution in [3.8, 4) is 0 Å². The van der Waals surface area contributed by atoms with E-state index in [4.69, 9.17) is 28.3 Å². The lowest BCUT2D eigenvalue weighted by atomic mass is 10.2. The van der Waals surface area contributed by atoms with Crippen LogP contribution in [0.3, 0.4) is 0 Å². The molecule has 68 valence electrons. The van der Waals surface area contributed by atoms with E-state index in [0.717, 1.165) is 15.6 Å². The van der Waals surface area contributed by atoms with E-state index < -0.39 is 0 Å². The Bertz CT molecular complexity index is 450. The molecule has 2 rings (SSSR count). The number of aliphatic hydroxyl groups excluding tert-OH is 1. The molecule has 0 aliphatic carbocycles. The second-order valence-electron chi connectivity index (χ2n) is 2.65. The number of thiophene rings is 1. The Balaban J connectivity index is 2.83. The van der Waals surface area contributed by atoms with Gasteiger partial charge in [0.2, 0.25) is 0 Å². The van der Waals surface area contributed by atoms with Crippen molar-refractivity contribution in [3.63, 3.8) is 0 Å². The van der Waals surface area contributed by atoms with Crippen molar-refractivity contribution in [2.45, 2.75) is 6.61 Å². The predicted octanol–water partition coefficient (Wildman–Crippen LogP) is 3.70. The largest absolute Gasteiger partial charge is 0.392 e. The van der Waals surface area contributed by atoms with Crippen LogP contribution >= 0.6 is 34.5 Å². The lowest BCUT2D eigenvalue weighted by Gasteiger charge is -2.01. The predicted molar refractivity (Wildman–Crippen MR) is 57.8 cm³/mol. The molecule has 0 aliphatic heterocycles. The van der Waals surface area contributed by atoms with Gasteiger partial charge in [-0.15, -0.1) is 11.3 Å². The molecule has 0 fully saturated rings. The summed E-state index contributed by atoms with van der Waals surface area (Å²) in [6.07, 6.45) is 0. The summed E-state index contributed by atoms with van der Waals surface area (Å²) in [4.78, 5) is 0. The lowest BCUT2D eigenvalue weighted by Crippen LogP contribution is -1.84. The first-order chi connectivity index (χ1) is 6.24. The molecule has 0 amide bonds. The van der Waals surface area contributed by atoms with Crippen LogP contribution in [0.1, 0.15) is 5.56 Å². The number of hydrogen-bond donors (Lipinski definition) is 1. The minimum absolute atomic E-state index is 0.0546. The second-order valence-corrected chi connectivity index (χ2v) is 4.35. The highest BCUT2D eigenvalue weighted by Crippen LogP contribution is 2.37. The maximum Gasteiger partial charge on any atom is 0.0696 e. The third kappa shape index (κ3) is 1.44. The van der Waals surface area contributed by atoms with Gasteiger partial charge in [0, 0.05) is 15.5 Å². The Hall–Kier alpha value is -0.280. The number of aliphatic hydroxyl groups is 1. The highest BCUT2D eigenvalue weighted by atomic mass is 35.5. The number of benzene rings is 1. The summed E-state index contributed by atoms with van der Waals surface area (Å²) in [5.41, 5.74) is 0.717. The van der Waals surface area contributed by atoms with Gasteiger partial charge in [0.05, 0.1) is 16.7 Å². The third-order valence-electron chi connectivity index (χ3n) is 1.88. The molecule has 0 saturated heterocycles. The molecule has 0 atom stereocenters. The summed E-state index contributed by atoms with van der Waals surface area (Å²) in [6.45, 7) is -0.0546. The SMILES string of the molecule is OCc1ccc2scc(Cl)c2c1Cl. The third-order valence-corrected chi connectivity index (χ3v) is 3.69. The summed E-state index contributed by atoms with van der Waals surface area (Å²) < 4.78 is 1.05. The van der Waals surface area contributed by atoms with E-state index in [0.29, 0.717) is 10.0 Å². The summed E-state index contributed by atoms with van der Waals surface area (Å²) in [6, 6.07) is 3.74. The van der Waals surface area contributed by atoms with Crippen molar-refractivity contribution in [1.82, 2.24) is 0 Å². The van der Waals surface area contributed by atoms with Crippen LogP contribution in [0.4, 0.5) is 0 Å². The molecule has 0 saturated carbocycles. The molecular weight excluding hydrogens is 227 g/mol. The minimum Gasteiger partial charge on any atom is -0.392 e. The molecule has 0 aliphatic rings. The van der Waals surface area contributed by atoms with Gasteiger partial charge in [-0.05, 0) is 11.6 Å². The van der Waals surface area contributed by atoms with Gasteiger partial charge in [0.25, 0.3) is 0 Å². The van der Waals surface area contributed by atoms with Crippen LogP contribution in [0.2, 0.25) is 10.0 Å². The van der Waals surface area contributed by atoms with Gasteiger partial charge in [-0.1, -0.05) is 29.3 Å². The van der Waals surface area contributed by atoms with Crippen molar-refractivity contribution in [2.75, 3.05) is 0 Å². The van der Waals surface area contributed by atoms with E-state index in [2.05, 4.69) is 0 Å². The summed E-state index contributed by atoms with van der Waals surface area (Å²) >= 11 is 13.6. The standard InChI is InChI=1S/C9H6Cl2OS/c10-6-4-13-7-2-1-5(3-12)9(11)8(6)7/h1-2,4,12H,3H2. The second kappa shape index (κ2) is 3.46. The first-order valence-electron chi connectivity index (χ1n) is 3.69. The number of halogens is 2. The Morgan fingerprint density at radius 1 is 1.31 bits per heavy atom. The highest BCUT2D eigenvalue weighted by molar-refractivity contribution is 7.18. The molecule has 13 heavy (non-hydrogen) atoms. The van der Waals surface area contributed by atoms with Crippen molar-refractivity contribution in [3.05, 3.63) is 33.1 Å². The zero-order chi connectivity index (χ0) is 9.42. The number of hydrogen-bond acceptors (Lipinski definition) is 2. The van der Waals surface area contributed by atoms with Crippen LogP contribution in [0.15, 0.2) is 17.5 Å². The Morgan fingerprint density at radius 3 is 2.77 bits per heavy atom. The number of rotatable bonds is 1. The van der Waals surface area contributed by atoms with Crippen molar-refractivity contribution >= 4 is 44.6 Å². The highest BCUT2D eigenvalue weighted by Gasteiger charge is 2.09. The molecule has 1 heterocycles. The molecular formula is C9H6Cl2OS. The monoisotopic (exact) mass is 232 g/mol. The topological polar surface area (TPSA) is 20.2 Å². The van der Waals surface area contributed by atoms with E-state index in [-0.39, 0.29) is 6.61 Å². The van der Waals surface area contributed by atoms with Crippen molar-refractivity contribution < 1.29 is 5.11 Å². The van der Waals surface area contributed by atoms with Crippen molar-refractivity contribution in [2.24, 2.45) is 0 Å². The quantitative estimate of drug-likeness (QED) is 0.796. The fraction of sp³-hybridized carbons (Fsp3) is 0.111. The molecule has 1 aromatic heterocycles. The van der Waals surface area contributed by atoms with Gasteiger partial charge in [-0.2, -0.15) is 0 Å². The maximum atomic E-state index is 8.98. The fourth-order valence-electron chi connectivity index (χ4n) is 1.22. The number of fused-ring (bicyclic) bond motifs is 1. The Morgan fingerprint density at radius 2 is 2.08 bits per heavy atom. The smallest absolute Gasteiger partial charge is 0.0696 e. The van der Waals surface area contributed by atoms with Crippen LogP contribution in [-0.4, -0.2) is 5.11 Å². The Kier molecular flexibility index (Phi) is 2.47. The van der Waals surface area contributed by atoms with Gasteiger partial charge in [-0.25, -0.2) is 0 Å². The van der Waals surface area contributed by atoms with Gasteiger partial charge in [0.1, 0.15) is 0 Å². The lowest BCUT2D eigenvalue weighted by molar-refractivity contribution is 0.282. The zero-order valence-electron chi connectivity index (χ0n) is 6.55. The van der Waals surface area contributed by atoms with E-state index in [1.807, 2.05) is 17.5 Å². The molecule has 0 spiro atoms. The summed E-state index contributed by atoms with van der Waals surface area (Å²) in [5, 5.41) is 12.9. The molecule has 1 nitrogen and oxygen atoms in total. The molecule has 0 bridgehead atoms. The normalized spacial score (nSPS) is 11.0. The maximum absolute atomic E-state index is 8.98. The summed E-state index contributed by atoms with van der Waals surface area (Å²) in [7, 11) is 0. The van der Waals surface area contributed by atoms with Crippen LogP contribution in [-0.2, 0) is 6.61 Å². The minimum atomic E-state index is -0.0546. The van der Waals surface area contributed by atoms with E-state index in [1.54, 1.807) is 11.3 Å². The first kappa shape index (κ1) is 9.28. The molecule has 1 aromatic carbocycles. The average Bonchev–Trinajstić information content (AvgIpc) is 2.49. The van der Waals surface area contributed by atoms with Crippen LogP contribution in [0.5, 0.6) is 0 Å². The van der Waals surface area contributed by atoms with E-state index in [9.17, 15) is 0 Å². The summed E-state index contributed by atoms with van der Waals surface area (Å²) in [5.74, 6) is 0. The molecule has 0 radical (unpaired) electrons. The molecule has 4 heteroatoms. The van der Waals surface area contributed by atoms with Gasteiger partial charge >= 0.3 is 0 Å². The molecule has 2 aromatic rings. The van der Waals surface area contributed by atoms with E-state index >= 15 is 0 Å². The fourth-order valence-corrected chi connectivity index (χ4v) is 2.86. The van der Waals surface area contributed by atoms with Gasteiger partial charge in [0.15, 0.2) is 0 Å². The van der Waals surface area contributed by atoms with Crippen LogP contribution in [0, 0.1) is 0 Å². The van der Waals surface area contributed by atoms with Gasteiger partial charge < -0.3 is 5.11 Å². The van der Waals surface area contributed by atoms with Crippen LogP contribution < -0.4 is 0 Å². The van der Waals surface area contributed by atoms with Crippen LogP contribution in [0.25, 0.3) is 10.1 Å². The van der Waals surface area contributed by atoms with Gasteiger partial charge in [-0.3, -0.25) is 0 Å². The van der Waals surface area contributed by atoms with E-state index in [1.165, 1.54) is 0 Å². The first-order valence-corrected chi connectivity index (χ1v) is 5.32. The van der Waals surface area contributed by atoms with Crippen molar-refractivity contribution in [1.29, 1.82) is 0 Å². The molecule has 0 unspecified atom stereocenters. The zero-order valence-corrected chi connectivity index (χ0v) is 8.88. The average molecular weight is 233 g/mol. The molecule has 1 N–H and O–H groups in total. The Labute approximate surface area is 89.5 Å².